The van der Waals surface area contributed by atoms with Crippen LogP contribution in [-0.2, 0) is 12.6 Å². The maximum atomic E-state index is 12.6. The Hall–Kier alpha value is -2.21. The molecule has 0 radical (unpaired) electrons. The zero-order valence-corrected chi connectivity index (χ0v) is 11.5. The second-order valence-corrected chi connectivity index (χ2v) is 5.30. The molecule has 3 N–H and O–H groups in total. The van der Waals surface area contributed by atoms with Gasteiger partial charge in [-0.25, -0.2) is 0 Å². The summed E-state index contributed by atoms with van der Waals surface area (Å²) < 4.78 is 37.9. The number of nitrogens with one attached hydrogen (secondary N) is 1. The summed E-state index contributed by atoms with van der Waals surface area (Å²) in [7, 11) is 0. The third-order valence-electron chi connectivity index (χ3n) is 3.86. The molecule has 0 aromatic heterocycles. The number of rotatable bonds is 1. The molecule has 116 valence electrons. The Labute approximate surface area is 125 Å². The second-order valence-electron chi connectivity index (χ2n) is 5.30. The van der Waals surface area contributed by atoms with Crippen molar-refractivity contribution in [3.63, 3.8) is 0 Å². The summed E-state index contributed by atoms with van der Waals surface area (Å²) in [5, 5.41) is 22.4. The van der Waals surface area contributed by atoms with Crippen molar-refractivity contribution in [2.75, 3.05) is 6.54 Å². The number of hydrogen-bond donors (Lipinski definition) is 3. The first kappa shape index (κ1) is 14.7. The van der Waals surface area contributed by atoms with Gasteiger partial charge in [0.2, 0.25) is 0 Å². The third-order valence-corrected chi connectivity index (χ3v) is 3.86. The van der Waals surface area contributed by atoms with Crippen molar-refractivity contribution in [2.24, 2.45) is 0 Å². The molecule has 1 atom stereocenters. The van der Waals surface area contributed by atoms with E-state index in [0.29, 0.717) is 18.5 Å². The van der Waals surface area contributed by atoms with Gasteiger partial charge in [-0.05, 0) is 47.4 Å². The van der Waals surface area contributed by atoms with Crippen molar-refractivity contribution in [2.45, 2.75) is 18.6 Å². The number of alkyl halides is 3. The summed E-state index contributed by atoms with van der Waals surface area (Å²) in [4.78, 5) is 0. The van der Waals surface area contributed by atoms with E-state index in [1.807, 2.05) is 0 Å². The molecule has 2 aromatic carbocycles. The lowest BCUT2D eigenvalue weighted by atomic mass is 9.89. The van der Waals surface area contributed by atoms with Crippen molar-refractivity contribution < 1.29 is 23.4 Å². The summed E-state index contributed by atoms with van der Waals surface area (Å²) in [6, 6.07) is 7.61. The zero-order valence-electron chi connectivity index (χ0n) is 11.5. The molecule has 3 rings (SSSR count). The monoisotopic (exact) mass is 309 g/mol. The molecule has 22 heavy (non-hydrogen) atoms. The Morgan fingerprint density at radius 1 is 1.00 bits per heavy atom. The van der Waals surface area contributed by atoms with Gasteiger partial charge in [-0.3, -0.25) is 0 Å². The summed E-state index contributed by atoms with van der Waals surface area (Å²) in [6.45, 7) is 0.642. The molecule has 1 aliphatic rings. The normalized spacial score (nSPS) is 18.0. The van der Waals surface area contributed by atoms with Crippen LogP contribution in [0.5, 0.6) is 11.5 Å². The third kappa shape index (κ3) is 2.62. The van der Waals surface area contributed by atoms with E-state index in [0.717, 1.165) is 23.3 Å². The summed E-state index contributed by atoms with van der Waals surface area (Å²) in [5.74, 6) is -0.425. The van der Waals surface area contributed by atoms with Gasteiger partial charge >= 0.3 is 6.18 Å². The fourth-order valence-corrected chi connectivity index (χ4v) is 2.74. The van der Waals surface area contributed by atoms with Crippen molar-refractivity contribution in [3.05, 3.63) is 58.7 Å². The zero-order chi connectivity index (χ0) is 15.9. The molecule has 1 aliphatic heterocycles. The number of halogens is 3. The molecule has 0 bridgehead atoms. The van der Waals surface area contributed by atoms with Gasteiger partial charge in [-0.1, -0.05) is 12.1 Å². The van der Waals surface area contributed by atoms with E-state index in [9.17, 15) is 23.4 Å². The van der Waals surface area contributed by atoms with E-state index in [4.69, 9.17) is 0 Å². The van der Waals surface area contributed by atoms with Gasteiger partial charge in [0.25, 0.3) is 0 Å². The van der Waals surface area contributed by atoms with Gasteiger partial charge in [0, 0.05) is 6.54 Å². The fourth-order valence-electron chi connectivity index (χ4n) is 2.74. The van der Waals surface area contributed by atoms with Gasteiger partial charge in [-0.2, -0.15) is 13.2 Å². The Morgan fingerprint density at radius 3 is 2.27 bits per heavy atom. The van der Waals surface area contributed by atoms with Crippen LogP contribution in [-0.4, -0.2) is 16.8 Å². The van der Waals surface area contributed by atoms with Crippen LogP contribution in [0.2, 0.25) is 0 Å². The van der Waals surface area contributed by atoms with Crippen LogP contribution in [0.4, 0.5) is 13.2 Å². The Bertz CT molecular complexity index is 696. The molecular formula is C16H14F3NO2. The minimum atomic E-state index is -4.36. The van der Waals surface area contributed by atoms with Crippen LogP contribution in [0, 0.1) is 0 Å². The van der Waals surface area contributed by atoms with Gasteiger partial charge in [0.15, 0.2) is 11.5 Å². The standard InChI is InChI=1S/C16H14F3NO2/c17-16(18,19)11-3-1-9(2-4-11)15-12-8-14(22)13(21)7-10(12)5-6-20-15/h1-4,7-8,15,20-22H,5-6H2/t15-/m1/s1. The summed E-state index contributed by atoms with van der Waals surface area (Å²) >= 11 is 0. The van der Waals surface area contributed by atoms with Gasteiger partial charge in [0.05, 0.1) is 11.6 Å². The van der Waals surface area contributed by atoms with Crippen LogP contribution in [0.1, 0.15) is 28.3 Å². The first-order valence-electron chi connectivity index (χ1n) is 6.81. The van der Waals surface area contributed by atoms with E-state index in [2.05, 4.69) is 5.32 Å². The molecule has 0 unspecified atom stereocenters. The Kier molecular flexibility index (Phi) is 3.48. The fraction of sp³-hybridized carbons (Fsp3) is 0.250. The van der Waals surface area contributed by atoms with Crippen LogP contribution < -0.4 is 5.32 Å². The first-order valence-corrected chi connectivity index (χ1v) is 6.81. The highest BCUT2D eigenvalue weighted by Crippen LogP contribution is 2.37. The van der Waals surface area contributed by atoms with E-state index in [1.165, 1.54) is 24.3 Å². The molecule has 2 aromatic rings. The average molecular weight is 309 g/mol. The Morgan fingerprint density at radius 2 is 1.64 bits per heavy atom. The number of phenolic OH excluding ortho intramolecular Hbond substituents is 2. The van der Waals surface area contributed by atoms with Crippen LogP contribution >= 0.6 is 0 Å². The number of hydrogen-bond acceptors (Lipinski definition) is 3. The highest BCUT2D eigenvalue weighted by Gasteiger charge is 2.31. The largest absolute Gasteiger partial charge is 0.504 e. The maximum Gasteiger partial charge on any atom is 0.416 e. The molecule has 1 heterocycles. The number of fused-ring (bicyclic) bond motifs is 1. The lowest BCUT2D eigenvalue weighted by Crippen LogP contribution is -2.30. The first-order chi connectivity index (χ1) is 10.4. The molecule has 6 heteroatoms. The highest BCUT2D eigenvalue weighted by atomic mass is 19.4. The van der Waals surface area contributed by atoms with Gasteiger partial charge in [-0.15, -0.1) is 0 Å². The SMILES string of the molecule is Oc1cc2c(cc1O)[C@@H](c1ccc(C(F)(F)F)cc1)NCC2. The quantitative estimate of drug-likeness (QED) is 0.708. The molecular weight excluding hydrogens is 295 g/mol. The minimum absolute atomic E-state index is 0.188. The predicted octanol–water partition coefficient (Wildman–Crippen LogP) is 3.35. The molecule has 0 amide bonds. The summed E-state index contributed by atoms with van der Waals surface area (Å²) in [6.07, 6.45) is -3.68. The van der Waals surface area contributed by atoms with E-state index in [-0.39, 0.29) is 17.5 Å². The number of phenols is 2. The van der Waals surface area contributed by atoms with E-state index in [1.54, 1.807) is 0 Å². The molecule has 3 nitrogen and oxygen atoms in total. The lowest BCUT2D eigenvalue weighted by molar-refractivity contribution is -0.137. The van der Waals surface area contributed by atoms with Crippen molar-refractivity contribution in [1.82, 2.24) is 5.32 Å². The van der Waals surface area contributed by atoms with Crippen molar-refractivity contribution in [1.29, 1.82) is 0 Å². The van der Waals surface area contributed by atoms with Crippen LogP contribution in [0.25, 0.3) is 0 Å². The summed E-state index contributed by atoms with van der Waals surface area (Å²) in [5.41, 5.74) is 1.63. The van der Waals surface area contributed by atoms with Crippen molar-refractivity contribution >= 4 is 0 Å². The number of aromatic hydroxyl groups is 2. The number of benzene rings is 2. The Balaban J connectivity index is 1.99. The smallest absolute Gasteiger partial charge is 0.416 e. The minimum Gasteiger partial charge on any atom is -0.504 e. The molecule has 0 saturated carbocycles. The van der Waals surface area contributed by atoms with Crippen molar-refractivity contribution in [3.8, 4) is 11.5 Å². The van der Waals surface area contributed by atoms with E-state index < -0.39 is 11.7 Å². The topological polar surface area (TPSA) is 52.5 Å². The molecule has 0 saturated heterocycles. The second kappa shape index (κ2) is 5.21. The molecule has 0 fully saturated rings. The van der Waals surface area contributed by atoms with Crippen LogP contribution in [0.3, 0.4) is 0 Å². The lowest BCUT2D eigenvalue weighted by Gasteiger charge is -2.28. The van der Waals surface area contributed by atoms with E-state index >= 15 is 0 Å². The highest BCUT2D eigenvalue weighted by molar-refractivity contribution is 5.50. The average Bonchev–Trinajstić information content (AvgIpc) is 2.47. The van der Waals surface area contributed by atoms with Gasteiger partial charge in [0.1, 0.15) is 0 Å². The van der Waals surface area contributed by atoms with Gasteiger partial charge < -0.3 is 15.5 Å². The predicted molar refractivity (Wildman–Crippen MR) is 74.8 cm³/mol. The van der Waals surface area contributed by atoms with Crippen LogP contribution in [0.15, 0.2) is 36.4 Å². The maximum absolute atomic E-state index is 12.6. The molecule has 0 spiro atoms. The molecule has 0 aliphatic carbocycles.